The number of hydrogen-bond donors (Lipinski definition) is 0. The van der Waals surface area contributed by atoms with Gasteiger partial charge in [0, 0.05) is 39.3 Å². The van der Waals surface area contributed by atoms with Crippen molar-refractivity contribution in [2.24, 2.45) is 5.92 Å². The Hall–Kier alpha value is -1.16. The molecule has 0 radical (unpaired) electrons. The molecule has 2 unspecified atom stereocenters. The Morgan fingerprint density at radius 3 is 2.54 bits per heavy atom. The molecule has 6 nitrogen and oxygen atoms in total. The Morgan fingerprint density at radius 1 is 1.25 bits per heavy atom. The van der Waals surface area contributed by atoms with Crippen molar-refractivity contribution < 1.29 is 9.53 Å². The summed E-state index contributed by atoms with van der Waals surface area (Å²) in [6, 6.07) is 2.35. The number of hydrogen-bond acceptors (Lipinski definition) is 5. The third-order valence-electron chi connectivity index (χ3n) is 5.02. The number of nitrogens with zero attached hydrogens (tertiary/aromatic N) is 4. The number of piperazine rings is 1. The van der Waals surface area contributed by atoms with E-state index in [4.69, 9.17) is 4.74 Å². The smallest absolute Gasteiger partial charge is 0.236 e. The first-order valence-corrected chi connectivity index (χ1v) is 9.30. The standard InChI is InChI=1S/C18H32N4O2/c1-4-5-16-13-20(10-11-24-16)14-18(23)22-8-6-21(7-9-22)17(12-19)15(2)3/h15-17H,4-11,13-14H2,1-3H3. The second-order valence-electron chi connectivity index (χ2n) is 7.25. The Balaban J connectivity index is 1.77. The van der Waals surface area contributed by atoms with Crippen molar-refractivity contribution in [2.75, 3.05) is 52.4 Å². The number of amides is 1. The summed E-state index contributed by atoms with van der Waals surface area (Å²) in [5.41, 5.74) is 0. The van der Waals surface area contributed by atoms with E-state index in [9.17, 15) is 10.1 Å². The van der Waals surface area contributed by atoms with Crippen LogP contribution >= 0.6 is 0 Å². The van der Waals surface area contributed by atoms with Crippen molar-refractivity contribution in [3.05, 3.63) is 0 Å². The van der Waals surface area contributed by atoms with Crippen LogP contribution in [-0.4, -0.2) is 85.2 Å². The summed E-state index contributed by atoms with van der Waals surface area (Å²) in [7, 11) is 0. The molecule has 0 aliphatic carbocycles. The lowest BCUT2D eigenvalue weighted by molar-refractivity contribution is -0.136. The number of carbonyl (C=O) groups is 1. The topological polar surface area (TPSA) is 59.8 Å². The summed E-state index contributed by atoms with van der Waals surface area (Å²) < 4.78 is 5.75. The first-order valence-electron chi connectivity index (χ1n) is 9.30. The van der Waals surface area contributed by atoms with Crippen molar-refractivity contribution in [3.8, 4) is 6.07 Å². The van der Waals surface area contributed by atoms with E-state index in [0.29, 0.717) is 12.5 Å². The van der Waals surface area contributed by atoms with Crippen LogP contribution in [0, 0.1) is 17.2 Å². The van der Waals surface area contributed by atoms with Gasteiger partial charge in [-0.2, -0.15) is 5.26 Å². The highest BCUT2D eigenvalue weighted by Gasteiger charge is 2.29. The second kappa shape index (κ2) is 9.36. The molecular formula is C18H32N4O2. The largest absolute Gasteiger partial charge is 0.376 e. The molecule has 2 aliphatic heterocycles. The van der Waals surface area contributed by atoms with E-state index < -0.39 is 0 Å². The summed E-state index contributed by atoms with van der Waals surface area (Å²) >= 11 is 0. The maximum Gasteiger partial charge on any atom is 0.236 e. The summed E-state index contributed by atoms with van der Waals surface area (Å²) in [6.07, 6.45) is 2.45. The Morgan fingerprint density at radius 2 is 1.96 bits per heavy atom. The van der Waals surface area contributed by atoms with Gasteiger partial charge in [0.2, 0.25) is 5.91 Å². The first kappa shape index (κ1) is 19.2. The van der Waals surface area contributed by atoms with Gasteiger partial charge in [0.25, 0.3) is 0 Å². The Bertz CT molecular complexity index is 439. The quantitative estimate of drug-likeness (QED) is 0.729. The molecule has 0 aromatic carbocycles. The van der Waals surface area contributed by atoms with Gasteiger partial charge in [-0.3, -0.25) is 14.6 Å². The lowest BCUT2D eigenvalue weighted by atomic mass is 10.0. The summed E-state index contributed by atoms with van der Waals surface area (Å²) in [5, 5.41) is 9.32. The van der Waals surface area contributed by atoms with Crippen molar-refractivity contribution in [3.63, 3.8) is 0 Å². The van der Waals surface area contributed by atoms with Crippen LogP contribution in [0.15, 0.2) is 0 Å². The number of carbonyl (C=O) groups excluding carboxylic acids is 1. The molecule has 2 atom stereocenters. The van der Waals surface area contributed by atoms with Crippen LogP contribution in [0.3, 0.4) is 0 Å². The van der Waals surface area contributed by atoms with E-state index in [0.717, 1.165) is 58.7 Å². The van der Waals surface area contributed by atoms with Crippen LogP contribution in [-0.2, 0) is 9.53 Å². The van der Waals surface area contributed by atoms with E-state index in [2.05, 4.69) is 36.6 Å². The van der Waals surface area contributed by atoms with E-state index in [-0.39, 0.29) is 18.1 Å². The van der Waals surface area contributed by atoms with Gasteiger partial charge < -0.3 is 9.64 Å². The molecule has 0 saturated carbocycles. The van der Waals surface area contributed by atoms with Gasteiger partial charge in [0.1, 0.15) is 6.04 Å². The SMILES string of the molecule is CCCC1CN(CC(=O)N2CCN(C(C#N)C(C)C)CC2)CCO1. The predicted molar refractivity (Wildman–Crippen MR) is 93.5 cm³/mol. The van der Waals surface area contributed by atoms with Crippen molar-refractivity contribution in [2.45, 2.75) is 45.8 Å². The predicted octanol–water partition coefficient (Wildman–Crippen LogP) is 1.18. The lowest BCUT2D eigenvalue weighted by Crippen LogP contribution is -2.55. The maximum atomic E-state index is 12.6. The van der Waals surface area contributed by atoms with Crippen molar-refractivity contribution in [1.29, 1.82) is 5.26 Å². The average molecular weight is 336 g/mol. The molecule has 2 rings (SSSR count). The normalized spacial score (nSPS) is 24.8. The zero-order chi connectivity index (χ0) is 17.5. The van der Waals surface area contributed by atoms with E-state index >= 15 is 0 Å². The molecule has 0 aromatic rings. The number of morpholine rings is 1. The van der Waals surface area contributed by atoms with Crippen molar-refractivity contribution >= 4 is 5.91 Å². The molecular weight excluding hydrogens is 304 g/mol. The van der Waals surface area contributed by atoms with Gasteiger partial charge in [-0.05, 0) is 12.3 Å². The molecule has 136 valence electrons. The Labute approximate surface area is 146 Å². The maximum absolute atomic E-state index is 12.6. The van der Waals surface area contributed by atoms with Gasteiger partial charge in [-0.25, -0.2) is 0 Å². The minimum absolute atomic E-state index is 0.0451. The van der Waals surface area contributed by atoms with Crippen LogP contribution in [0.25, 0.3) is 0 Å². The number of nitriles is 1. The molecule has 2 saturated heterocycles. The van der Waals surface area contributed by atoms with Gasteiger partial charge in [-0.15, -0.1) is 0 Å². The van der Waals surface area contributed by atoms with Gasteiger partial charge in [0.15, 0.2) is 0 Å². The number of ether oxygens (including phenoxy) is 1. The molecule has 24 heavy (non-hydrogen) atoms. The first-order chi connectivity index (χ1) is 11.5. The fourth-order valence-electron chi connectivity index (χ4n) is 3.61. The van der Waals surface area contributed by atoms with Crippen LogP contribution in [0.4, 0.5) is 0 Å². The number of rotatable bonds is 6. The summed E-state index contributed by atoms with van der Waals surface area (Å²) in [6.45, 7) is 12.3. The molecule has 6 heteroatoms. The zero-order valence-corrected chi connectivity index (χ0v) is 15.4. The lowest BCUT2D eigenvalue weighted by Gasteiger charge is -2.39. The highest BCUT2D eigenvalue weighted by Crippen LogP contribution is 2.14. The molecule has 2 aliphatic rings. The van der Waals surface area contributed by atoms with E-state index in [1.165, 1.54) is 0 Å². The molecule has 1 amide bonds. The third kappa shape index (κ3) is 5.17. The second-order valence-corrected chi connectivity index (χ2v) is 7.25. The highest BCUT2D eigenvalue weighted by atomic mass is 16.5. The highest BCUT2D eigenvalue weighted by molar-refractivity contribution is 5.78. The molecule has 2 fully saturated rings. The average Bonchev–Trinajstić information content (AvgIpc) is 2.56. The monoisotopic (exact) mass is 336 g/mol. The zero-order valence-electron chi connectivity index (χ0n) is 15.4. The summed E-state index contributed by atoms with van der Waals surface area (Å²) in [4.78, 5) is 19.0. The molecule has 0 aromatic heterocycles. The van der Waals surface area contributed by atoms with E-state index in [1.807, 2.05) is 4.90 Å². The third-order valence-corrected chi connectivity index (χ3v) is 5.02. The van der Waals surface area contributed by atoms with Crippen molar-refractivity contribution in [1.82, 2.24) is 14.7 Å². The van der Waals surface area contributed by atoms with Crippen LogP contribution in [0.2, 0.25) is 0 Å². The minimum Gasteiger partial charge on any atom is -0.376 e. The van der Waals surface area contributed by atoms with E-state index in [1.54, 1.807) is 0 Å². The van der Waals surface area contributed by atoms with Gasteiger partial charge >= 0.3 is 0 Å². The van der Waals surface area contributed by atoms with Crippen LogP contribution in [0.1, 0.15) is 33.6 Å². The molecule has 0 bridgehead atoms. The van der Waals surface area contributed by atoms with Gasteiger partial charge in [0.05, 0.1) is 25.3 Å². The van der Waals surface area contributed by atoms with Gasteiger partial charge in [-0.1, -0.05) is 27.2 Å². The molecule has 0 spiro atoms. The fraction of sp³-hybridized carbons (Fsp3) is 0.889. The molecule has 2 heterocycles. The van der Waals surface area contributed by atoms with Crippen LogP contribution in [0.5, 0.6) is 0 Å². The van der Waals surface area contributed by atoms with Crippen LogP contribution < -0.4 is 0 Å². The summed E-state index contributed by atoms with van der Waals surface area (Å²) in [5.74, 6) is 0.533. The Kier molecular flexibility index (Phi) is 7.47. The minimum atomic E-state index is -0.0451. The molecule has 0 N–H and O–H groups in total. The fourth-order valence-corrected chi connectivity index (χ4v) is 3.61.